The third-order valence-electron chi connectivity index (χ3n) is 4.94. The maximum Gasteiger partial charge on any atom is 0.251 e. The second-order valence-electron chi connectivity index (χ2n) is 7.30. The Morgan fingerprint density at radius 3 is 2.23 bits per heavy atom. The zero-order valence-corrected chi connectivity index (χ0v) is 15.8. The van der Waals surface area contributed by atoms with Crippen molar-refractivity contribution in [2.45, 2.75) is 26.4 Å². The van der Waals surface area contributed by atoms with Crippen LogP contribution in [0.3, 0.4) is 0 Å². The smallest absolute Gasteiger partial charge is 0.251 e. The first-order valence-electron chi connectivity index (χ1n) is 9.46. The van der Waals surface area contributed by atoms with E-state index in [4.69, 9.17) is 0 Å². The number of carbonyl (C=O) groups is 1. The first-order chi connectivity index (χ1) is 12.6. The highest BCUT2D eigenvalue weighted by molar-refractivity contribution is 5.94. The van der Waals surface area contributed by atoms with Crippen molar-refractivity contribution in [1.82, 2.24) is 15.1 Å². The minimum absolute atomic E-state index is 0.0141. The fourth-order valence-electron chi connectivity index (χ4n) is 3.42. The van der Waals surface area contributed by atoms with Gasteiger partial charge in [0, 0.05) is 50.9 Å². The predicted molar refractivity (Wildman–Crippen MR) is 106 cm³/mol. The molecule has 0 aromatic heterocycles. The zero-order valence-electron chi connectivity index (χ0n) is 15.8. The molecule has 4 nitrogen and oxygen atoms in total. The molecule has 26 heavy (non-hydrogen) atoms. The van der Waals surface area contributed by atoms with Gasteiger partial charge in [0.1, 0.15) is 0 Å². The van der Waals surface area contributed by atoms with E-state index in [-0.39, 0.29) is 11.9 Å². The summed E-state index contributed by atoms with van der Waals surface area (Å²) in [6, 6.07) is 18.5. The van der Waals surface area contributed by atoms with Gasteiger partial charge in [0.05, 0.1) is 0 Å². The quantitative estimate of drug-likeness (QED) is 0.869. The number of benzene rings is 2. The van der Waals surface area contributed by atoms with Gasteiger partial charge < -0.3 is 5.32 Å². The van der Waals surface area contributed by atoms with Crippen molar-refractivity contribution in [2.24, 2.45) is 0 Å². The highest BCUT2D eigenvalue weighted by Crippen LogP contribution is 2.09. The number of rotatable bonds is 6. The van der Waals surface area contributed by atoms with E-state index in [9.17, 15) is 4.79 Å². The third-order valence-corrected chi connectivity index (χ3v) is 4.94. The molecule has 3 rings (SSSR count). The molecule has 1 aliphatic heterocycles. The van der Waals surface area contributed by atoms with Crippen LogP contribution in [0.4, 0.5) is 0 Å². The lowest BCUT2D eigenvalue weighted by atomic mass is 10.1. The van der Waals surface area contributed by atoms with Crippen molar-refractivity contribution < 1.29 is 4.79 Å². The van der Waals surface area contributed by atoms with E-state index in [2.05, 4.69) is 52.4 Å². The molecule has 1 N–H and O–H groups in total. The number of nitrogens with one attached hydrogen (secondary N) is 1. The van der Waals surface area contributed by atoms with Crippen molar-refractivity contribution >= 4 is 5.91 Å². The number of hydrogen-bond acceptors (Lipinski definition) is 3. The van der Waals surface area contributed by atoms with E-state index in [1.165, 1.54) is 11.1 Å². The van der Waals surface area contributed by atoms with Gasteiger partial charge in [0.25, 0.3) is 5.91 Å². The lowest BCUT2D eigenvalue weighted by Gasteiger charge is -2.36. The molecule has 0 radical (unpaired) electrons. The number of carbonyl (C=O) groups excluding carboxylic acids is 1. The summed E-state index contributed by atoms with van der Waals surface area (Å²) in [7, 11) is 0. The van der Waals surface area contributed by atoms with Crippen LogP contribution in [0.2, 0.25) is 0 Å². The van der Waals surface area contributed by atoms with Gasteiger partial charge in [-0.3, -0.25) is 14.6 Å². The molecule has 1 amide bonds. The summed E-state index contributed by atoms with van der Waals surface area (Å²) < 4.78 is 0. The number of piperazine rings is 1. The Morgan fingerprint density at radius 1 is 0.962 bits per heavy atom. The molecule has 2 aromatic rings. The first kappa shape index (κ1) is 18.6. The third kappa shape index (κ3) is 5.41. The minimum Gasteiger partial charge on any atom is -0.348 e. The molecule has 0 saturated carbocycles. The molecule has 1 aliphatic rings. The average Bonchev–Trinajstić information content (AvgIpc) is 2.64. The first-order valence-corrected chi connectivity index (χ1v) is 9.46. The molecule has 0 unspecified atom stereocenters. The molecule has 1 atom stereocenters. The molecule has 0 aliphatic carbocycles. The van der Waals surface area contributed by atoms with Gasteiger partial charge in [-0.2, -0.15) is 0 Å². The highest BCUT2D eigenvalue weighted by atomic mass is 16.1. The lowest BCUT2D eigenvalue weighted by molar-refractivity contribution is 0.0901. The van der Waals surface area contributed by atoms with Crippen LogP contribution < -0.4 is 5.32 Å². The van der Waals surface area contributed by atoms with Crippen LogP contribution in [0.5, 0.6) is 0 Å². The van der Waals surface area contributed by atoms with Gasteiger partial charge in [-0.1, -0.05) is 48.0 Å². The molecular formula is C22H29N3O. The van der Waals surface area contributed by atoms with Gasteiger partial charge >= 0.3 is 0 Å². The molecule has 0 spiro atoms. The molecule has 0 bridgehead atoms. The molecule has 1 heterocycles. The van der Waals surface area contributed by atoms with Crippen LogP contribution in [0.1, 0.15) is 28.4 Å². The summed E-state index contributed by atoms with van der Waals surface area (Å²) in [6.45, 7) is 10.3. The van der Waals surface area contributed by atoms with Crippen LogP contribution in [0.25, 0.3) is 0 Å². The van der Waals surface area contributed by atoms with Crippen molar-refractivity contribution in [3.05, 3.63) is 71.3 Å². The van der Waals surface area contributed by atoms with Crippen molar-refractivity contribution in [3.8, 4) is 0 Å². The van der Waals surface area contributed by atoms with Crippen molar-refractivity contribution in [3.63, 3.8) is 0 Å². The Bertz CT molecular complexity index is 691. The van der Waals surface area contributed by atoms with Crippen LogP contribution in [-0.2, 0) is 6.54 Å². The van der Waals surface area contributed by atoms with Crippen molar-refractivity contribution in [1.29, 1.82) is 0 Å². The average molecular weight is 351 g/mol. The largest absolute Gasteiger partial charge is 0.348 e. The number of amides is 1. The van der Waals surface area contributed by atoms with Gasteiger partial charge in [-0.05, 0) is 31.5 Å². The second-order valence-corrected chi connectivity index (χ2v) is 7.30. The maximum atomic E-state index is 12.3. The summed E-state index contributed by atoms with van der Waals surface area (Å²) in [6.07, 6.45) is 0. The van der Waals surface area contributed by atoms with Crippen LogP contribution in [0.15, 0.2) is 54.6 Å². The summed E-state index contributed by atoms with van der Waals surface area (Å²) in [5.41, 5.74) is 3.28. The summed E-state index contributed by atoms with van der Waals surface area (Å²) in [4.78, 5) is 17.3. The summed E-state index contributed by atoms with van der Waals surface area (Å²) >= 11 is 0. The normalized spacial score (nSPS) is 17.0. The Morgan fingerprint density at radius 2 is 1.58 bits per heavy atom. The topological polar surface area (TPSA) is 35.6 Å². The standard InChI is InChI=1S/C22H29N3O/c1-18-8-10-21(11-9-18)22(26)23-19(2)16-24-12-14-25(15-13-24)17-20-6-4-3-5-7-20/h3-11,19H,12-17H2,1-2H3,(H,23,26)/t19-/m0/s1. The molecule has 4 heteroatoms. The Hall–Kier alpha value is -2.17. The summed E-state index contributed by atoms with van der Waals surface area (Å²) in [5, 5.41) is 3.12. The van der Waals surface area contributed by atoms with Gasteiger partial charge in [0.15, 0.2) is 0 Å². The van der Waals surface area contributed by atoms with Crippen LogP contribution in [0, 0.1) is 6.92 Å². The van der Waals surface area contributed by atoms with E-state index in [0.717, 1.165) is 44.8 Å². The Labute approximate surface area is 156 Å². The highest BCUT2D eigenvalue weighted by Gasteiger charge is 2.19. The second kappa shape index (κ2) is 8.97. The lowest BCUT2D eigenvalue weighted by Crippen LogP contribution is -2.50. The van der Waals surface area contributed by atoms with Crippen molar-refractivity contribution in [2.75, 3.05) is 32.7 Å². The van der Waals surface area contributed by atoms with E-state index < -0.39 is 0 Å². The molecule has 1 fully saturated rings. The minimum atomic E-state index is 0.0141. The van der Waals surface area contributed by atoms with E-state index in [0.29, 0.717) is 0 Å². The van der Waals surface area contributed by atoms with Crippen LogP contribution >= 0.6 is 0 Å². The summed E-state index contributed by atoms with van der Waals surface area (Å²) in [5.74, 6) is 0.0141. The van der Waals surface area contributed by atoms with Gasteiger partial charge in [-0.25, -0.2) is 0 Å². The zero-order chi connectivity index (χ0) is 18.4. The Kier molecular flexibility index (Phi) is 6.42. The number of hydrogen-bond donors (Lipinski definition) is 1. The predicted octanol–water partition coefficient (Wildman–Crippen LogP) is 2.93. The van der Waals surface area contributed by atoms with Gasteiger partial charge in [0.2, 0.25) is 0 Å². The van der Waals surface area contributed by atoms with Crippen LogP contribution in [-0.4, -0.2) is 54.5 Å². The Balaban J connectivity index is 1.41. The SMILES string of the molecule is Cc1ccc(C(=O)N[C@@H](C)CN2CCN(Cc3ccccc3)CC2)cc1. The monoisotopic (exact) mass is 351 g/mol. The molecular weight excluding hydrogens is 322 g/mol. The van der Waals surface area contributed by atoms with E-state index in [1.807, 2.05) is 31.2 Å². The number of nitrogens with zero attached hydrogens (tertiary/aromatic N) is 2. The fourth-order valence-corrected chi connectivity index (χ4v) is 3.42. The number of aryl methyl sites for hydroxylation is 1. The molecule has 138 valence electrons. The van der Waals surface area contributed by atoms with E-state index >= 15 is 0 Å². The maximum absolute atomic E-state index is 12.3. The fraction of sp³-hybridized carbons (Fsp3) is 0.409. The van der Waals surface area contributed by atoms with E-state index in [1.54, 1.807) is 0 Å². The molecule has 1 saturated heterocycles. The van der Waals surface area contributed by atoms with Gasteiger partial charge in [-0.15, -0.1) is 0 Å². The molecule has 2 aromatic carbocycles.